The van der Waals surface area contributed by atoms with Gasteiger partial charge in [-0.3, -0.25) is 19.7 Å². The zero-order chi connectivity index (χ0) is 18.3. The van der Waals surface area contributed by atoms with Crippen molar-refractivity contribution in [2.24, 2.45) is 0 Å². The predicted octanol–water partition coefficient (Wildman–Crippen LogP) is -0.153. The van der Waals surface area contributed by atoms with Crippen molar-refractivity contribution in [3.8, 4) is 0 Å². The number of carbonyl (C=O) groups is 3. The number of piperidine rings is 1. The second-order valence-electron chi connectivity index (χ2n) is 7.01. The van der Waals surface area contributed by atoms with E-state index >= 15 is 0 Å². The number of rotatable bonds is 4. The molecule has 3 aliphatic heterocycles. The number of imide groups is 1. The van der Waals surface area contributed by atoms with Crippen molar-refractivity contribution in [2.75, 3.05) is 13.1 Å². The summed E-state index contributed by atoms with van der Waals surface area (Å²) in [6.45, 7) is 1.65. The van der Waals surface area contributed by atoms with Gasteiger partial charge < -0.3 is 15.5 Å². The van der Waals surface area contributed by atoms with Crippen molar-refractivity contribution in [3.05, 3.63) is 34.9 Å². The zero-order valence-electron chi connectivity index (χ0n) is 14.3. The summed E-state index contributed by atoms with van der Waals surface area (Å²) in [5.41, 5.74) is 2.26. The molecule has 0 bridgehead atoms. The van der Waals surface area contributed by atoms with Gasteiger partial charge in [0.15, 0.2) is 0 Å². The SMILES string of the molecule is O=C1CCC(N2Cc3cccc(CN[C@@H]4CNC[C@@H]4F)c3C2=O)C(=O)N1. The molecule has 1 unspecified atom stereocenters. The smallest absolute Gasteiger partial charge is 0.255 e. The Morgan fingerprint density at radius 2 is 2.08 bits per heavy atom. The molecular weight excluding hydrogens is 339 g/mol. The van der Waals surface area contributed by atoms with Crippen molar-refractivity contribution in [2.45, 2.75) is 44.2 Å². The number of carbonyl (C=O) groups excluding carboxylic acids is 3. The van der Waals surface area contributed by atoms with Gasteiger partial charge in [0.2, 0.25) is 11.8 Å². The van der Waals surface area contributed by atoms with Gasteiger partial charge in [0.05, 0.1) is 6.04 Å². The van der Waals surface area contributed by atoms with Crippen molar-refractivity contribution in [1.82, 2.24) is 20.9 Å². The maximum Gasteiger partial charge on any atom is 0.255 e. The molecule has 0 aliphatic carbocycles. The van der Waals surface area contributed by atoms with Crippen LogP contribution in [0, 0.1) is 0 Å². The monoisotopic (exact) mass is 360 g/mol. The average Bonchev–Trinajstić information content (AvgIpc) is 3.17. The number of alkyl halides is 1. The van der Waals surface area contributed by atoms with Crippen LogP contribution in [0.1, 0.15) is 34.3 Å². The first-order valence-electron chi connectivity index (χ1n) is 8.88. The number of nitrogens with zero attached hydrogens (tertiary/aromatic N) is 1. The summed E-state index contributed by atoms with van der Waals surface area (Å²) in [7, 11) is 0. The van der Waals surface area contributed by atoms with E-state index in [-0.39, 0.29) is 24.3 Å². The Morgan fingerprint density at radius 3 is 2.81 bits per heavy atom. The summed E-state index contributed by atoms with van der Waals surface area (Å²) in [5.74, 6) is -0.918. The van der Waals surface area contributed by atoms with Gasteiger partial charge in [0.25, 0.3) is 5.91 Å². The van der Waals surface area contributed by atoms with Crippen molar-refractivity contribution in [1.29, 1.82) is 0 Å². The Hall–Kier alpha value is -2.32. The molecule has 7 nitrogen and oxygen atoms in total. The highest BCUT2D eigenvalue weighted by Crippen LogP contribution is 2.29. The standard InChI is InChI=1S/C18H21FN4O3/c19-12-7-20-8-13(12)21-6-10-2-1-3-11-9-23(18(26)16(10)11)14-4-5-15(24)22-17(14)25/h1-3,12-14,20-21H,4-9H2,(H,22,24,25)/t12-,13+,14?/m0/s1. The lowest BCUT2D eigenvalue weighted by atomic mass is 10.0. The second-order valence-corrected chi connectivity index (χ2v) is 7.01. The predicted molar refractivity (Wildman–Crippen MR) is 90.9 cm³/mol. The third-order valence-electron chi connectivity index (χ3n) is 5.33. The van der Waals surface area contributed by atoms with E-state index in [2.05, 4.69) is 16.0 Å². The van der Waals surface area contributed by atoms with Gasteiger partial charge in [0, 0.05) is 38.2 Å². The van der Waals surface area contributed by atoms with E-state index in [1.54, 1.807) is 0 Å². The summed E-state index contributed by atoms with van der Waals surface area (Å²) in [4.78, 5) is 38.0. The normalized spacial score (nSPS) is 28.4. The number of hydrogen-bond donors (Lipinski definition) is 3. The lowest BCUT2D eigenvalue weighted by molar-refractivity contribution is -0.136. The molecule has 138 valence electrons. The minimum Gasteiger partial charge on any atom is -0.322 e. The number of amides is 3. The lowest BCUT2D eigenvalue weighted by Crippen LogP contribution is -2.52. The fourth-order valence-electron chi connectivity index (χ4n) is 3.93. The molecule has 0 saturated carbocycles. The van der Waals surface area contributed by atoms with E-state index < -0.39 is 18.1 Å². The topological polar surface area (TPSA) is 90.5 Å². The highest BCUT2D eigenvalue weighted by Gasteiger charge is 2.40. The minimum atomic E-state index is -0.942. The third kappa shape index (κ3) is 2.99. The Morgan fingerprint density at radius 1 is 1.23 bits per heavy atom. The summed E-state index contributed by atoms with van der Waals surface area (Å²) in [6, 6.07) is 4.71. The summed E-state index contributed by atoms with van der Waals surface area (Å²) >= 11 is 0. The molecular formula is C18H21FN4O3. The molecule has 2 saturated heterocycles. The first kappa shape index (κ1) is 17.1. The Kier molecular flexibility index (Phi) is 4.46. The fraction of sp³-hybridized carbons (Fsp3) is 0.500. The van der Waals surface area contributed by atoms with Gasteiger partial charge in [-0.25, -0.2) is 4.39 Å². The van der Waals surface area contributed by atoms with E-state index in [0.717, 1.165) is 11.1 Å². The molecule has 0 spiro atoms. The van der Waals surface area contributed by atoms with E-state index in [1.807, 2.05) is 18.2 Å². The third-order valence-corrected chi connectivity index (χ3v) is 5.33. The van der Waals surface area contributed by atoms with Crippen LogP contribution in [0.5, 0.6) is 0 Å². The van der Waals surface area contributed by atoms with Crippen LogP contribution < -0.4 is 16.0 Å². The van der Waals surface area contributed by atoms with Gasteiger partial charge in [-0.1, -0.05) is 18.2 Å². The molecule has 0 radical (unpaired) electrons. The van der Waals surface area contributed by atoms with Gasteiger partial charge in [-0.2, -0.15) is 0 Å². The minimum absolute atomic E-state index is 0.201. The largest absolute Gasteiger partial charge is 0.322 e. The van der Waals surface area contributed by atoms with Crippen LogP contribution in [-0.4, -0.2) is 54.0 Å². The van der Waals surface area contributed by atoms with Crippen LogP contribution in [-0.2, 0) is 22.7 Å². The molecule has 26 heavy (non-hydrogen) atoms. The molecule has 3 atom stereocenters. The second kappa shape index (κ2) is 6.77. The molecule has 1 aromatic carbocycles. The molecule has 3 heterocycles. The van der Waals surface area contributed by atoms with Gasteiger partial charge in [0.1, 0.15) is 12.2 Å². The molecule has 4 rings (SSSR count). The lowest BCUT2D eigenvalue weighted by Gasteiger charge is -2.29. The molecule has 1 aromatic rings. The zero-order valence-corrected chi connectivity index (χ0v) is 14.3. The van der Waals surface area contributed by atoms with E-state index in [1.165, 1.54) is 4.90 Å². The highest BCUT2D eigenvalue weighted by atomic mass is 19.1. The molecule has 3 N–H and O–H groups in total. The molecule has 3 amide bonds. The van der Waals surface area contributed by atoms with Gasteiger partial charge >= 0.3 is 0 Å². The number of fused-ring (bicyclic) bond motifs is 1. The van der Waals surface area contributed by atoms with Crippen molar-refractivity contribution in [3.63, 3.8) is 0 Å². The summed E-state index contributed by atoms with van der Waals surface area (Å²) < 4.78 is 13.7. The summed E-state index contributed by atoms with van der Waals surface area (Å²) in [6.07, 6.45) is -0.366. The van der Waals surface area contributed by atoms with Crippen LogP contribution in [0.4, 0.5) is 4.39 Å². The molecule has 2 fully saturated rings. The summed E-state index contributed by atoms with van der Waals surface area (Å²) in [5, 5.41) is 8.47. The van der Waals surface area contributed by atoms with Crippen LogP contribution in [0.25, 0.3) is 0 Å². The molecule has 3 aliphatic rings. The van der Waals surface area contributed by atoms with Crippen LogP contribution >= 0.6 is 0 Å². The maximum absolute atomic E-state index is 13.7. The Bertz CT molecular complexity index is 769. The quantitative estimate of drug-likeness (QED) is 0.650. The highest BCUT2D eigenvalue weighted by molar-refractivity contribution is 6.05. The van der Waals surface area contributed by atoms with Crippen molar-refractivity contribution >= 4 is 17.7 Å². The van der Waals surface area contributed by atoms with E-state index in [0.29, 0.717) is 38.2 Å². The number of benzene rings is 1. The first-order valence-corrected chi connectivity index (χ1v) is 8.88. The number of hydrogen-bond acceptors (Lipinski definition) is 5. The molecule has 0 aromatic heterocycles. The van der Waals surface area contributed by atoms with E-state index in [9.17, 15) is 18.8 Å². The number of nitrogens with one attached hydrogen (secondary N) is 3. The fourth-order valence-corrected chi connectivity index (χ4v) is 3.93. The maximum atomic E-state index is 13.7. The van der Waals surface area contributed by atoms with Gasteiger partial charge in [-0.15, -0.1) is 0 Å². The van der Waals surface area contributed by atoms with Crippen LogP contribution in [0.2, 0.25) is 0 Å². The van der Waals surface area contributed by atoms with Crippen LogP contribution in [0.15, 0.2) is 18.2 Å². The molecule has 8 heteroatoms. The number of halogens is 1. The van der Waals surface area contributed by atoms with Crippen LogP contribution in [0.3, 0.4) is 0 Å². The van der Waals surface area contributed by atoms with E-state index in [4.69, 9.17) is 0 Å². The Labute approximate surface area is 150 Å². The first-order chi connectivity index (χ1) is 12.5. The van der Waals surface area contributed by atoms with Crippen molar-refractivity contribution < 1.29 is 18.8 Å². The van der Waals surface area contributed by atoms with Gasteiger partial charge in [-0.05, 0) is 17.5 Å². The average molecular weight is 360 g/mol. The Balaban J connectivity index is 1.51.